The number of aromatic nitrogens is 2. The molecule has 0 bridgehead atoms. The van der Waals surface area contributed by atoms with Gasteiger partial charge >= 0.3 is 0 Å². The Bertz CT molecular complexity index is 806. The van der Waals surface area contributed by atoms with Crippen molar-refractivity contribution in [1.29, 1.82) is 0 Å². The minimum absolute atomic E-state index is 0.483. The lowest BCUT2D eigenvalue weighted by molar-refractivity contribution is 0.298. The molecule has 27 heavy (non-hydrogen) atoms. The standard InChI is InChI=1S/C17H25N5O4S/c1-25-15-10-13-14(11-16(15)26-2)18-12-19-17(13)22-6-3-5-21(8-9-22)7-4-20-27(23)24/h10-12,20H,3-9H2,1-2H3,(H,23,24). The summed E-state index contributed by atoms with van der Waals surface area (Å²) in [5.74, 6) is 2.18. The monoisotopic (exact) mass is 395 g/mol. The van der Waals surface area contributed by atoms with Gasteiger partial charge in [0.2, 0.25) is 11.3 Å². The molecule has 2 N–H and O–H groups in total. The summed E-state index contributed by atoms with van der Waals surface area (Å²) in [6.07, 6.45) is 2.56. The van der Waals surface area contributed by atoms with Gasteiger partial charge in [0.1, 0.15) is 12.1 Å². The highest BCUT2D eigenvalue weighted by Gasteiger charge is 2.19. The maximum Gasteiger partial charge on any atom is 0.231 e. The summed E-state index contributed by atoms with van der Waals surface area (Å²) < 4.78 is 32.8. The predicted octanol–water partition coefficient (Wildman–Crippen LogP) is 0.885. The summed E-state index contributed by atoms with van der Waals surface area (Å²) in [5, 5.41) is 0.931. The Morgan fingerprint density at radius 2 is 1.93 bits per heavy atom. The molecular weight excluding hydrogens is 370 g/mol. The Morgan fingerprint density at radius 3 is 2.67 bits per heavy atom. The molecule has 1 aromatic carbocycles. The van der Waals surface area contributed by atoms with Crippen LogP contribution >= 0.6 is 0 Å². The molecule has 10 heteroatoms. The molecule has 1 saturated heterocycles. The van der Waals surface area contributed by atoms with E-state index in [4.69, 9.17) is 14.0 Å². The molecule has 0 spiro atoms. The summed E-state index contributed by atoms with van der Waals surface area (Å²) >= 11 is -1.96. The van der Waals surface area contributed by atoms with E-state index in [1.165, 1.54) is 0 Å². The Labute approximate surface area is 161 Å². The predicted molar refractivity (Wildman–Crippen MR) is 105 cm³/mol. The molecule has 0 aliphatic carbocycles. The molecular formula is C17H25N5O4S. The lowest BCUT2D eigenvalue weighted by Crippen LogP contribution is -2.36. The number of hydrogen-bond donors (Lipinski definition) is 2. The van der Waals surface area contributed by atoms with Gasteiger partial charge in [0.25, 0.3) is 0 Å². The minimum atomic E-state index is -1.96. The van der Waals surface area contributed by atoms with Crippen LogP contribution in [-0.4, -0.2) is 77.1 Å². The van der Waals surface area contributed by atoms with E-state index in [1.54, 1.807) is 20.5 Å². The summed E-state index contributed by atoms with van der Waals surface area (Å²) in [4.78, 5) is 13.4. The average molecular weight is 395 g/mol. The van der Waals surface area contributed by atoms with Gasteiger partial charge in [0, 0.05) is 44.2 Å². The van der Waals surface area contributed by atoms with Crippen LogP contribution in [0.2, 0.25) is 0 Å². The van der Waals surface area contributed by atoms with Crippen LogP contribution in [0, 0.1) is 0 Å². The Kier molecular flexibility index (Phi) is 6.78. The van der Waals surface area contributed by atoms with Gasteiger partial charge in [-0.25, -0.2) is 18.9 Å². The fraction of sp³-hybridized carbons (Fsp3) is 0.529. The fourth-order valence-corrected chi connectivity index (χ4v) is 3.58. The molecule has 0 radical (unpaired) electrons. The van der Waals surface area contributed by atoms with Crippen molar-refractivity contribution in [3.8, 4) is 11.5 Å². The highest BCUT2D eigenvalue weighted by Crippen LogP contribution is 2.34. The van der Waals surface area contributed by atoms with E-state index in [2.05, 4.69) is 24.5 Å². The van der Waals surface area contributed by atoms with Crippen molar-refractivity contribution in [2.24, 2.45) is 0 Å². The topological polar surface area (TPSA) is 100 Å². The minimum Gasteiger partial charge on any atom is -0.493 e. The van der Waals surface area contributed by atoms with Crippen molar-refractivity contribution in [2.75, 3.05) is 58.4 Å². The van der Waals surface area contributed by atoms with Crippen molar-refractivity contribution < 1.29 is 18.2 Å². The second-order valence-electron chi connectivity index (χ2n) is 6.25. The first-order valence-electron chi connectivity index (χ1n) is 8.80. The third kappa shape index (κ3) is 4.83. The molecule has 1 atom stereocenters. The van der Waals surface area contributed by atoms with E-state index < -0.39 is 11.3 Å². The molecule has 1 unspecified atom stereocenters. The van der Waals surface area contributed by atoms with Crippen LogP contribution in [0.4, 0.5) is 5.82 Å². The first-order chi connectivity index (χ1) is 13.1. The first-order valence-corrected chi connectivity index (χ1v) is 9.91. The number of ether oxygens (including phenoxy) is 2. The number of fused-ring (bicyclic) bond motifs is 1. The quantitative estimate of drug-likeness (QED) is 0.667. The maximum atomic E-state index is 10.7. The fourth-order valence-electron chi connectivity index (χ4n) is 3.32. The lowest BCUT2D eigenvalue weighted by atomic mass is 10.2. The molecule has 0 amide bonds. The van der Waals surface area contributed by atoms with E-state index in [-0.39, 0.29) is 0 Å². The van der Waals surface area contributed by atoms with Crippen molar-refractivity contribution >= 4 is 28.0 Å². The van der Waals surface area contributed by atoms with Crippen LogP contribution < -0.4 is 19.1 Å². The van der Waals surface area contributed by atoms with E-state index in [1.807, 2.05) is 12.1 Å². The van der Waals surface area contributed by atoms with Crippen LogP contribution in [0.25, 0.3) is 10.9 Å². The number of rotatable bonds is 7. The normalized spacial score (nSPS) is 16.9. The summed E-state index contributed by atoms with van der Waals surface area (Å²) in [6.45, 7) is 4.72. The molecule has 0 saturated carbocycles. The molecule has 3 rings (SSSR count). The average Bonchev–Trinajstić information content (AvgIpc) is 2.91. The maximum absolute atomic E-state index is 10.7. The van der Waals surface area contributed by atoms with Gasteiger partial charge < -0.3 is 19.3 Å². The molecule has 2 aromatic rings. The smallest absolute Gasteiger partial charge is 0.231 e. The zero-order valence-corrected chi connectivity index (χ0v) is 16.4. The van der Waals surface area contributed by atoms with Crippen molar-refractivity contribution in [2.45, 2.75) is 6.42 Å². The number of methoxy groups -OCH3 is 2. The lowest BCUT2D eigenvalue weighted by Gasteiger charge is -2.24. The van der Waals surface area contributed by atoms with E-state index in [0.29, 0.717) is 18.0 Å². The third-order valence-electron chi connectivity index (χ3n) is 4.66. The highest BCUT2D eigenvalue weighted by molar-refractivity contribution is 7.77. The van der Waals surface area contributed by atoms with Crippen LogP contribution in [-0.2, 0) is 11.3 Å². The van der Waals surface area contributed by atoms with Gasteiger partial charge in [0.15, 0.2) is 11.5 Å². The molecule has 1 fully saturated rings. The van der Waals surface area contributed by atoms with Crippen LogP contribution in [0.15, 0.2) is 18.5 Å². The van der Waals surface area contributed by atoms with E-state index in [9.17, 15) is 4.21 Å². The van der Waals surface area contributed by atoms with Gasteiger partial charge in [0.05, 0.1) is 19.7 Å². The SMILES string of the molecule is COc1cc2ncnc(N3CCCN(CCNS(=O)O)CC3)c2cc1OC. The van der Waals surface area contributed by atoms with Gasteiger partial charge in [-0.15, -0.1) is 0 Å². The second-order valence-corrected chi connectivity index (χ2v) is 7.03. The molecule has 9 nitrogen and oxygen atoms in total. The number of benzene rings is 1. The number of nitrogens with one attached hydrogen (secondary N) is 1. The van der Waals surface area contributed by atoms with Crippen molar-refractivity contribution in [3.05, 3.63) is 18.5 Å². The molecule has 1 aliphatic heterocycles. The van der Waals surface area contributed by atoms with Crippen LogP contribution in [0.5, 0.6) is 11.5 Å². The van der Waals surface area contributed by atoms with E-state index >= 15 is 0 Å². The zero-order chi connectivity index (χ0) is 19.2. The zero-order valence-electron chi connectivity index (χ0n) is 15.6. The summed E-state index contributed by atoms with van der Waals surface area (Å²) in [6, 6.07) is 3.79. The molecule has 148 valence electrons. The van der Waals surface area contributed by atoms with Crippen LogP contribution in [0.1, 0.15) is 6.42 Å². The molecule has 1 aliphatic rings. The second kappa shape index (κ2) is 9.27. The number of hydrogen-bond acceptors (Lipinski definition) is 7. The highest BCUT2D eigenvalue weighted by atomic mass is 32.2. The van der Waals surface area contributed by atoms with Gasteiger partial charge in [-0.2, -0.15) is 0 Å². The van der Waals surface area contributed by atoms with Crippen LogP contribution in [0.3, 0.4) is 0 Å². The summed E-state index contributed by atoms with van der Waals surface area (Å²) in [5.41, 5.74) is 0.813. The van der Waals surface area contributed by atoms with Gasteiger partial charge in [-0.05, 0) is 19.0 Å². The molecule has 1 aromatic heterocycles. The van der Waals surface area contributed by atoms with E-state index in [0.717, 1.165) is 55.9 Å². The van der Waals surface area contributed by atoms with Gasteiger partial charge in [-0.3, -0.25) is 4.55 Å². The third-order valence-corrected chi connectivity index (χ3v) is 5.11. The van der Waals surface area contributed by atoms with Crippen molar-refractivity contribution in [1.82, 2.24) is 19.6 Å². The Hall–Kier alpha value is -2.01. The van der Waals surface area contributed by atoms with Crippen molar-refractivity contribution in [3.63, 3.8) is 0 Å². The Balaban J connectivity index is 1.78. The largest absolute Gasteiger partial charge is 0.493 e. The molecule has 2 heterocycles. The first kappa shape index (κ1) is 19.7. The van der Waals surface area contributed by atoms with Gasteiger partial charge in [-0.1, -0.05) is 0 Å². The number of anilines is 1. The Morgan fingerprint density at radius 1 is 1.15 bits per heavy atom. The summed E-state index contributed by atoms with van der Waals surface area (Å²) in [7, 11) is 3.22. The number of nitrogens with zero attached hydrogens (tertiary/aromatic N) is 4.